The molecule has 1 aliphatic heterocycles. The number of aromatic nitrogens is 2. The summed E-state index contributed by atoms with van der Waals surface area (Å²) in [5.41, 5.74) is 1.19. The summed E-state index contributed by atoms with van der Waals surface area (Å²) in [6, 6.07) is 8.19. The van der Waals surface area contributed by atoms with Crippen LogP contribution < -0.4 is 4.90 Å². The smallest absolute Gasteiger partial charge is 0.243 e. The summed E-state index contributed by atoms with van der Waals surface area (Å²) in [6.45, 7) is 8.04. The average molecular weight is 321 g/mol. The van der Waals surface area contributed by atoms with E-state index in [1.807, 2.05) is 25.1 Å². The molecule has 0 radical (unpaired) electrons. The number of benzene rings is 1. The van der Waals surface area contributed by atoms with Crippen molar-refractivity contribution in [2.24, 2.45) is 0 Å². The molecule has 1 aromatic carbocycles. The molecule has 0 bridgehead atoms. The average Bonchev–Trinajstić information content (AvgIpc) is 3.03. The maximum absolute atomic E-state index is 6.07. The van der Waals surface area contributed by atoms with Crippen LogP contribution in [0.1, 0.15) is 31.6 Å². The van der Waals surface area contributed by atoms with Crippen molar-refractivity contribution in [1.29, 1.82) is 0 Å². The lowest BCUT2D eigenvalue weighted by atomic mass is 10.2. The monoisotopic (exact) mass is 320 g/mol. The summed E-state index contributed by atoms with van der Waals surface area (Å²) in [7, 11) is 0. The lowest BCUT2D eigenvalue weighted by Gasteiger charge is -2.38. The fourth-order valence-electron chi connectivity index (χ4n) is 2.78. The predicted octanol–water partition coefficient (Wildman–Crippen LogP) is 3.17. The molecule has 1 aliphatic rings. The molecule has 0 N–H and O–H groups in total. The second-order valence-corrected chi connectivity index (χ2v) is 6.02. The molecular weight excluding hydrogens is 300 g/mol. The topological polar surface area (TPSA) is 45.4 Å². The summed E-state index contributed by atoms with van der Waals surface area (Å²) in [5, 5.41) is 4.77. The fourth-order valence-corrected chi connectivity index (χ4v) is 2.96. The van der Waals surface area contributed by atoms with Crippen LogP contribution in [0.15, 0.2) is 28.8 Å². The zero-order valence-corrected chi connectivity index (χ0v) is 13.8. The molecule has 0 aliphatic carbocycles. The molecule has 1 saturated heterocycles. The van der Waals surface area contributed by atoms with E-state index in [1.54, 1.807) is 0 Å². The highest BCUT2D eigenvalue weighted by Gasteiger charge is 2.25. The highest BCUT2D eigenvalue weighted by molar-refractivity contribution is 6.30. The summed E-state index contributed by atoms with van der Waals surface area (Å²) in [4.78, 5) is 9.19. The van der Waals surface area contributed by atoms with Gasteiger partial charge in [-0.05, 0) is 25.1 Å². The summed E-state index contributed by atoms with van der Waals surface area (Å²) in [5.74, 6) is 1.49. The predicted molar refractivity (Wildman–Crippen MR) is 87.3 cm³/mol. The summed E-state index contributed by atoms with van der Waals surface area (Å²) < 4.78 is 5.36. The molecule has 5 nitrogen and oxygen atoms in total. The highest BCUT2D eigenvalue weighted by Crippen LogP contribution is 2.24. The van der Waals surface area contributed by atoms with Gasteiger partial charge >= 0.3 is 0 Å². The molecule has 2 aromatic rings. The zero-order valence-electron chi connectivity index (χ0n) is 13.0. The van der Waals surface area contributed by atoms with Gasteiger partial charge in [-0.1, -0.05) is 29.7 Å². The van der Waals surface area contributed by atoms with E-state index in [0.717, 1.165) is 43.4 Å². The van der Waals surface area contributed by atoms with Crippen LogP contribution in [0.3, 0.4) is 0 Å². The number of hydrogen-bond acceptors (Lipinski definition) is 5. The van der Waals surface area contributed by atoms with Gasteiger partial charge in [-0.2, -0.15) is 4.98 Å². The minimum atomic E-state index is 0.161. The second-order valence-electron chi connectivity index (χ2n) is 5.58. The molecule has 1 unspecified atom stereocenters. The number of nitrogens with zero attached hydrogens (tertiary/aromatic N) is 4. The van der Waals surface area contributed by atoms with Crippen molar-refractivity contribution >= 4 is 17.3 Å². The van der Waals surface area contributed by atoms with Crippen molar-refractivity contribution in [2.75, 3.05) is 31.1 Å². The van der Waals surface area contributed by atoms with Crippen molar-refractivity contribution in [3.05, 3.63) is 41.0 Å². The van der Waals surface area contributed by atoms with Crippen LogP contribution in [0.25, 0.3) is 0 Å². The SMILES string of the molecule is CCc1noc(C(C)N2CCN(c3cccc(Cl)c3)CC2)n1. The van der Waals surface area contributed by atoms with E-state index >= 15 is 0 Å². The molecule has 0 saturated carbocycles. The van der Waals surface area contributed by atoms with Crippen LogP contribution in [0.5, 0.6) is 0 Å². The third-order valence-corrected chi connectivity index (χ3v) is 4.43. The summed E-state index contributed by atoms with van der Waals surface area (Å²) in [6.07, 6.45) is 0.804. The molecule has 1 fully saturated rings. The minimum Gasteiger partial charge on any atom is -0.369 e. The Bertz CT molecular complexity index is 622. The molecule has 1 aromatic heterocycles. The first-order valence-electron chi connectivity index (χ1n) is 7.74. The Balaban J connectivity index is 1.61. The van der Waals surface area contributed by atoms with Gasteiger partial charge < -0.3 is 9.42 Å². The van der Waals surface area contributed by atoms with E-state index in [4.69, 9.17) is 16.1 Å². The van der Waals surface area contributed by atoms with E-state index in [9.17, 15) is 0 Å². The van der Waals surface area contributed by atoms with Gasteiger partial charge in [0.1, 0.15) is 0 Å². The molecular formula is C16H21ClN4O. The van der Waals surface area contributed by atoms with Gasteiger partial charge in [0.15, 0.2) is 5.82 Å². The van der Waals surface area contributed by atoms with Crippen LogP contribution in [0.4, 0.5) is 5.69 Å². The largest absolute Gasteiger partial charge is 0.369 e. The van der Waals surface area contributed by atoms with Gasteiger partial charge in [-0.15, -0.1) is 0 Å². The lowest BCUT2D eigenvalue weighted by molar-refractivity contribution is 0.164. The van der Waals surface area contributed by atoms with Gasteiger partial charge in [0.05, 0.1) is 6.04 Å². The standard InChI is InChI=1S/C16H21ClN4O/c1-3-15-18-16(22-19-15)12(2)20-7-9-21(10-8-20)14-6-4-5-13(17)11-14/h4-6,11-12H,3,7-10H2,1-2H3. The third-order valence-electron chi connectivity index (χ3n) is 4.19. The molecule has 3 rings (SSSR count). The van der Waals surface area contributed by atoms with Gasteiger partial charge in [-0.25, -0.2) is 0 Å². The molecule has 0 spiro atoms. The van der Waals surface area contributed by atoms with Crippen LogP contribution >= 0.6 is 11.6 Å². The lowest BCUT2D eigenvalue weighted by Crippen LogP contribution is -2.47. The van der Waals surface area contributed by atoms with E-state index < -0.39 is 0 Å². The third kappa shape index (κ3) is 3.25. The van der Waals surface area contributed by atoms with Gasteiger partial charge in [0.2, 0.25) is 5.89 Å². The van der Waals surface area contributed by atoms with Crippen molar-refractivity contribution in [1.82, 2.24) is 15.0 Å². The van der Waals surface area contributed by atoms with Crippen LogP contribution in [-0.2, 0) is 6.42 Å². The van der Waals surface area contributed by atoms with Crippen molar-refractivity contribution in [3.63, 3.8) is 0 Å². The van der Waals surface area contributed by atoms with Crippen LogP contribution in [0.2, 0.25) is 5.02 Å². The van der Waals surface area contributed by atoms with Crippen LogP contribution in [0, 0.1) is 0 Å². The first kappa shape index (κ1) is 15.3. The van der Waals surface area contributed by atoms with E-state index in [1.165, 1.54) is 5.69 Å². The quantitative estimate of drug-likeness (QED) is 0.866. The highest BCUT2D eigenvalue weighted by atomic mass is 35.5. The first-order chi connectivity index (χ1) is 10.7. The molecule has 22 heavy (non-hydrogen) atoms. The molecule has 118 valence electrons. The maximum atomic E-state index is 6.07. The summed E-state index contributed by atoms with van der Waals surface area (Å²) >= 11 is 6.07. The van der Waals surface area contributed by atoms with Crippen molar-refractivity contribution in [2.45, 2.75) is 26.3 Å². The number of hydrogen-bond donors (Lipinski definition) is 0. The number of anilines is 1. The Morgan fingerprint density at radius 1 is 1.27 bits per heavy atom. The minimum absolute atomic E-state index is 0.161. The Hall–Kier alpha value is -1.59. The molecule has 2 heterocycles. The molecule has 0 amide bonds. The van der Waals surface area contributed by atoms with Gasteiger partial charge in [-0.3, -0.25) is 4.90 Å². The maximum Gasteiger partial charge on any atom is 0.243 e. The Labute approximate surface area is 135 Å². The number of aryl methyl sites for hydroxylation is 1. The Kier molecular flexibility index (Phi) is 4.64. The Morgan fingerprint density at radius 2 is 2.05 bits per heavy atom. The molecule has 1 atom stereocenters. The normalized spacial score (nSPS) is 17.7. The Morgan fingerprint density at radius 3 is 2.68 bits per heavy atom. The molecule has 6 heteroatoms. The second kappa shape index (κ2) is 6.67. The van der Waals surface area contributed by atoms with Gasteiger partial charge in [0.25, 0.3) is 0 Å². The van der Waals surface area contributed by atoms with Crippen LogP contribution in [-0.4, -0.2) is 41.2 Å². The van der Waals surface area contributed by atoms with Crippen molar-refractivity contribution < 1.29 is 4.52 Å². The van der Waals surface area contributed by atoms with Crippen molar-refractivity contribution in [3.8, 4) is 0 Å². The zero-order chi connectivity index (χ0) is 15.5. The van der Waals surface area contributed by atoms with E-state index in [0.29, 0.717) is 5.89 Å². The number of halogens is 1. The van der Waals surface area contributed by atoms with Gasteiger partial charge in [0, 0.05) is 43.3 Å². The number of piperazine rings is 1. The van der Waals surface area contributed by atoms with E-state index in [2.05, 4.69) is 32.9 Å². The fraction of sp³-hybridized carbons (Fsp3) is 0.500. The van der Waals surface area contributed by atoms with E-state index in [-0.39, 0.29) is 6.04 Å². The first-order valence-corrected chi connectivity index (χ1v) is 8.12. The number of rotatable bonds is 4.